The molecule has 9 heavy (non-hydrogen) atoms. The van der Waals surface area contributed by atoms with Crippen molar-refractivity contribution in [1.82, 2.24) is 0 Å². The van der Waals surface area contributed by atoms with E-state index in [1.165, 1.54) is 17.6 Å². The van der Waals surface area contributed by atoms with Crippen LogP contribution in [0.5, 0.6) is 0 Å². The molecule has 46 valence electrons. The number of hydrogen-bond acceptors (Lipinski definition) is 3. The van der Waals surface area contributed by atoms with Crippen molar-refractivity contribution < 1.29 is 9.43 Å². The molecular weight excluding hydrogens is 138 g/mol. The summed E-state index contributed by atoms with van der Waals surface area (Å²) in [6.07, 6.45) is 1.44. The summed E-state index contributed by atoms with van der Waals surface area (Å²) in [6, 6.07) is 1.85. The van der Waals surface area contributed by atoms with Crippen LogP contribution in [0.2, 0.25) is 0 Å². The van der Waals surface area contributed by atoms with Gasteiger partial charge in [0, 0.05) is 0 Å². The van der Waals surface area contributed by atoms with Crippen LogP contribution in [0, 0.1) is 5.21 Å². The van der Waals surface area contributed by atoms with Gasteiger partial charge >= 0.3 is 4.83 Å². The van der Waals surface area contributed by atoms with E-state index in [2.05, 4.69) is 4.52 Å². The van der Waals surface area contributed by atoms with E-state index in [-0.39, 0.29) is 0 Å². The fourth-order valence-corrected chi connectivity index (χ4v) is 1.43. The lowest BCUT2D eigenvalue weighted by atomic mass is 10.5. The van der Waals surface area contributed by atoms with E-state index in [9.17, 15) is 5.21 Å². The van der Waals surface area contributed by atoms with Crippen LogP contribution in [-0.2, 0) is 0 Å². The average molecular weight is 141 g/mol. The molecule has 0 atom stereocenters. The Hall–Kier alpha value is -1.03. The fourth-order valence-electron chi connectivity index (χ4n) is 0.702. The summed E-state index contributed by atoms with van der Waals surface area (Å²) < 4.78 is 4.53. The predicted octanol–water partition coefficient (Wildman–Crippen LogP) is 1.13. The smallest absolute Gasteiger partial charge is 0.331 e. The Morgan fingerprint density at radius 2 is 2.56 bits per heavy atom. The minimum Gasteiger partial charge on any atom is -0.373 e. The highest BCUT2D eigenvalue weighted by Gasteiger charge is 2.06. The number of thiophene rings is 1. The molecule has 0 spiro atoms. The van der Waals surface area contributed by atoms with Crippen molar-refractivity contribution in [1.29, 1.82) is 0 Å². The quantitative estimate of drug-likeness (QED) is 0.516. The molecule has 0 saturated heterocycles. The fraction of sp³-hybridized carbons (Fsp3) is 0. The first-order valence-electron chi connectivity index (χ1n) is 2.42. The molecule has 2 aromatic rings. The Bertz CT molecular complexity index is 324. The second-order valence-electron chi connectivity index (χ2n) is 1.66. The molecule has 0 aliphatic rings. The standard InChI is InChI=1S/C5H3NO2S/c7-6-5-4(3-8-6)1-2-9-5/h1-3H. The summed E-state index contributed by atoms with van der Waals surface area (Å²) >= 11 is 1.38. The summed E-state index contributed by atoms with van der Waals surface area (Å²) in [5.41, 5.74) is 0. The SMILES string of the molecule is [O-][n+]1occ2ccsc21. The molecule has 3 nitrogen and oxygen atoms in total. The van der Waals surface area contributed by atoms with Crippen LogP contribution < -0.4 is 4.90 Å². The molecule has 0 bridgehead atoms. The number of nitrogens with zero attached hydrogens (tertiary/aromatic N) is 1. The third-order valence-electron chi connectivity index (χ3n) is 1.12. The lowest BCUT2D eigenvalue weighted by Crippen LogP contribution is -2.20. The molecule has 2 aromatic heterocycles. The maximum Gasteiger partial charge on any atom is 0.331 e. The number of hydrogen-bond donors (Lipinski definition) is 0. The normalized spacial score (nSPS) is 10.7. The molecule has 0 N–H and O–H groups in total. The van der Waals surface area contributed by atoms with E-state index in [0.717, 1.165) is 5.39 Å². The Morgan fingerprint density at radius 1 is 1.67 bits per heavy atom. The zero-order chi connectivity index (χ0) is 6.27. The topological polar surface area (TPSA) is 40.1 Å². The van der Waals surface area contributed by atoms with Gasteiger partial charge in [-0.3, -0.25) is 5.21 Å². The summed E-state index contributed by atoms with van der Waals surface area (Å²) in [5.74, 6) is 0. The first-order chi connectivity index (χ1) is 4.38. The Morgan fingerprint density at radius 3 is 3.33 bits per heavy atom. The van der Waals surface area contributed by atoms with Crippen LogP contribution >= 0.6 is 11.3 Å². The van der Waals surface area contributed by atoms with Gasteiger partial charge in [-0.1, -0.05) is 11.3 Å². The zero-order valence-corrected chi connectivity index (χ0v) is 5.22. The Balaban J connectivity index is 2.99. The van der Waals surface area contributed by atoms with E-state index in [4.69, 9.17) is 0 Å². The summed E-state index contributed by atoms with van der Waals surface area (Å²) in [7, 11) is 0. The molecule has 0 saturated carbocycles. The molecule has 0 unspecified atom stereocenters. The van der Waals surface area contributed by atoms with E-state index in [0.29, 0.717) is 9.73 Å². The molecule has 0 fully saturated rings. The predicted molar refractivity (Wildman–Crippen MR) is 33.1 cm³/mol. The highest BCUT2D eigenvalue weighted by Crippen LogP contribution is 2.15. The van der Waals surface area contributed by atoms with E-state index < -0.39 is 0 Å². The van der Waals surface area contributed by atoms with Gasteiger partial charge in [0.25, 0.3) is 0 Å². The van der Waals surface area contributed by atoms with Crippen molar-refractivity contribution in [3.63, 3.8) is 0 Å². The highest BCUT2D eigenvalue weighted by atomic mass is 32.1. The van der Waals surface area contributed by atoms with Crippen molar-refractivity contribution in [2.45, 2.75) is 0 Å². The maximum atomic E-state index is 10.6. The zero-order valence-electron chi connectivity index (χ0n) is 4.40. The van der Waals surface area contributed by atoms with Gasteiger partial charge in [-0.25, -0.2) is 0 Å². The van der Waals surface area contributed by atoms with Crippen molar-refractivity contribution in [3.8, 4) is 0 Å². The van der Waals surface area contributed by atoms with E-state index >= 15 is 0 Å². The summed E-state index contributed by atoms with van der Waals surface area (Å²) in [5, 5.41) is 13.3. The van der Waals surface area contributed by atoms with Gasteiger partial charge in [-0.05, 0) is 11.4 Å². The first kappa shape index (κ1) is 4.81. The van der Waals surface area contributed by atoms with Crippen LogP contribution in [0.25, 0.3) is 10.2 Å². The number of fused-ring (bicyclic) bond motifs is 1. The van der Waals surface area contributed by atoms with Gasteiger partial charge in [-0.2, -0.15) is 0 Å². The van der Waals surface area contributed by atoms with E-state index in [1.54, 1.807) is 0 Å². The van der Waals surface area contributed by atoms with Crippen LogP contribution in [-0.4, -0.2) is 0 Å². The minimum absolute atomic E-state index is 0.514. The molecular formula is C5H3NO2S. The number of aromatic nitrogens is 1. The lowest BCUT2D eigenvalue weighted by molar-refractivity contribution is -0.769. The number of rotatable bonds is 0. The molecule has 2 heterocycles. The largest absolute Gasteiger partial charge is 0.373 e. The average Bonchev–Trinajstić information content (AvgIpc) is 2.35. The molecule has 0 aromatic carbocycles. The maximum absolute atomic E-state index is 10.6. The van der Waals surface area contributed by atoms with Crippen molar-refractivity contribution in [3.05, 3.63) is 22.9 Å². The van der Waals surface area contributed by atoms with Gasteiger partial charge < -0.3 is 4.52 Å². The van der Waals surface area contributed by atoms with Gasteiger partial charge in [0.1, 0.15) is 0 Å². The van der Waals surface area contributed by atoms with Gasteiger partial charge in [-0.15, -0.1) is 0 Å². The molecule has 0 aliphatic carbocycles. The van der Waals surface area contributed by atoms with E-state index in [1.807, 2.05) is 11.4 Å². The molecule has 4 heteroatoms. The second-order valence-corrected chi connectivity index (χ2v) is 2.56. The lowest BCUT2D eigenvalue weighted by Gasteiger charge is -1.74. The summed E-state index contributed by atoms with van der Waals surface area (Å²) in [6.45, 7) is 0. The third-order valence-corrected chi connectivity index (χ3v) is 2.00. The second kappa shape index (κ2) is 1.48. The molecule has 0 aliphatic heterocycles. The monoisotopic (exact) mass is 141 g/mol. The van der Waals surface area contributed by atoms with Crippen molar-refractivity contribution in [2.24, 2.45) is 0 Å². The van der Waals surface area contributed by atoms with Gasteiger partial charge in [0.05, 0.1) is 16.6 Å². The van der Waals surface area contributed by atoms with Gasteiger partial charge in [0.15, 0.2) is 0 Å². The van der Waals surface area contributed by atoms with Crippen molar-refractivity contribution in [2.75, 3.05) is 0 Å². The molecule has 0 radical (unpaired) electrons. The Labute approximate surface area is 54.7 Å². The summed E-state index contributed by atoms with van der Waals surface area (Å²) in [4.78, 5) is 1.15. The molecule has 2 rings (SSSR count). The van der Waals surface area contributed by atoms with Crippen molar-refractivity contribution >= 4 is 21.6 Å². The van der Waals surface area contributed by atoms with Crippen LogP contribution in [0.4, 0.5) is 0 Å². The highest BCUT2D eigenvalue weighted by molar-refractivity contribution is 7.16. The van der Waals surface area contributed by atoms with Gasteiger partial charge in [0.2, 0.25) is 0 Å². The van der Waals surface area contributed by atoms with Crippen LogP contribution in [0.15, 0.2) is 22.2 Å². The third kappa shape index (κ3) is 0.533. The first-order valence-corrected chi connectivity index (χ1v) is 3.30. The molecule has 0 amide bonds. The van der Waals surface area contributed by atoms with Crippen LogP contribution in [0.1, 0.15) is 0 Å². The Kier molecular flexibility index (Phi) is 0.790. The minimum atomic E-state index is 0.514. The van der Waals surface area contributed by atoms with Crippen LogP contribution in [0.3, 0.4) is 0 Å².